The third-order valence-corrected chi connectivity index (χ3v) is 2.84. The molecule has 3 N–H and O–H groups in total. The number of aliphatic hydroxyl groups excluding tert-OH is 2. The summed E-state index contributed by atoms with van der Waals surface area (Å²) >= 11 is 0. The lowest BCUT2D eigenvalue weighted by molar-refractivity contribution is -0.893. The number of likely N-dealkylation sites (N-methyl/N-ethyl adjacent to an activating group) is 1. The van der Waals surface area contributed by atoms with Crippen LogP contribution < -0.4 is 0 Å². The summed E-state index contributed by atoms with van der Waals surface area (Å²) in [6.07, 6.45) is -0.500. The normalized spacial score (nSPS) is 15.3. The van der Waals surface area contributed by atoms with Crippen LogP contribution in [0, 0.1) is 0 Å². The van der Waals surface area contributed by atoms with Crippen LogP contribution in [0.25, 0.3) is 0 Å². The van der Waals surface area contributed by atoms with E-state index < -0.39 is 22.0 Å². The molecule has 0 aromatic rings. The average molecular weight is 242 g/mol. The van der Waals surface area contributed by atoms with Gasteiger partial charge in [0.05, 0.1) is 20.6 Å². The second-order valence-corrected chi connectivity index (χ2v) is 5.82. The van der Waals surface area contributed by atoms with Crippen molar-refractivity contribution in [3.05, 3.63) is 0 Å². The van der Waals surface area contributed by atoms with Gasteiger partial charge in [-0.25, -0.2) is 0 Å². The molecule has 0 aromatic heterocycles. The molecule has 0 aliphatic heterocycles. The van der Waals surface area contributed by atoms with Crippen LogP contribution in [-0.2, 0) is 10.1 Å². The first-order chi connectivity index (χ1) is 6.66. The average Bonchev–Trinajstić information content (AvgIpc) is 1.95. The molecule has 92 valence electrons. The van der Waals surface area contributed by atoms with Gasteiger partial charge in [-0.15, -0.1) is 0 Å². The van der Waals surface area contributed by atoms with E-state index in [1.54, 1.807) is 0 Å². The maximum absolute atomic E-state index is 10.5. The lowest BCUT2D eigenvalue weighted by Gasteiger charge is -2.31. The zero-order valence-electron chi connectivity index (χ0n) is 9.13. The first-order valence-corrected chi connectivity index (χ1v) is 6.33. The van der Waals surface area contributed by atoms with Crippen molar-refractivity contribution in [2.45, 2.75) is 12.5 Å². The molecule has 0 saturated carbocycles. The maximum atomic E-state index is 10.5. The second-order valence-electron chi connectivity index (χ2n) is 4.32. The zero-order chi connectivity index (χ0) is 12.1. The Morgan fingerprint density at radius 1 is 1.33 bits per heavy atom. The van der Waals surface area contributed by atoms with Crippen LogP contribution in [0.5, 0.6) is 0 Å². The van der Waals surface area contributed by atoms with Crippen LogP contribution >= 0.6 is 0 Å². The Labute approximate surface area is 90.5 Å². The molecular formula is C8H20NO5S+. The molecule has 6 nitrogen and oxygen atoms in total. The van der Waals surface area contributed by atoms with Crippen molar-refractivity contribution in [3.8, 4) is 0 Å². The molecule has 0 radical (unpaired) electrons. The van der Waals surface area contributed by atoms with Crippen molar-refractivity contribution in [2.75, 3.05) is 39.5 Å². The van der Waals surface area contributed by atoms with Crippen molar-refractivity contribution >= 4 is 10.1 Å². The minimum absolute atomic E-state index is 0.0655. The van der Waals surface area contributed by atoms with Gasteiger partial charge in [0.25, 0.3) is 10.1 Å². The van der Waals surface area contributed by atoms with E-state index in [2.05, 4.69) is 0 Å². The summed E-state index contributed by atoms with van der Waals surface area (Å²) in [5.74, 6) is -0.645. The van der Waals surface area contributed by atoms with Crippen LogP contribution in [0.4, 0.5) is 0 Å². The lowest BCUT2D eigenvalue weighted by atomic mass is 10.3. The van der Waals surface area contributed by atoms with E-state index in [9.17, 15) is 13.5 Å². The van der Waals surface area contributed by atoms with E-state index in [0.717, 1.165) is 0 Å². The molecule has 1 unspecified atom stereocenters. The first kappa shape index (κ1) is 14.8. The Bertz CT molecular complexity index is 275. The summed E-state index contributed by atoms with van der Waals surface area (Å²) < 4.78 is 29.9. The Kier molecular flexibility index (Phi) is 5.68. The van der Waals surface area contributed by atoms with Crippen molar-refractivity contribution in [1.29, 1.82) is 0 Å². The molecule has 0 spiro atoms. The number of hydrogen-bond donors (Lipinski definition) is 3. The third-order valence-electron chi connectivity index (χ3n) is 2.03. The minimum Gasteiger partial charge on any atom is -0.396 e. The molecule has 0 aliphatic rings. The topological polar surface area (TPSA) is 94.8 Å². The van der Waals surface area contributed by atoms with Gasteiger partial charge in [-0.1, -0.05) is 0 Å². The second kappa shape index (κ2) is 5.76. The van der Waals surface area contributed by atoms with E-state index in [4.69, 9.17) is 9.66 Å². The number of hydrogen-bond acceptors (Lipinski definition) is 4. The van der Waals surface area contributed by atoms with Crippen LogP contribution in [0.2, 0.25) is 0 Å². The van der Waals surface area contributed by atoms with Crippen molar-refractivity contribution in [2.24, 2.45) is 0 Å². The molecule has 0 amide bonds. The van der Waals surface area contributed by atoms with E-state index in [1.807, 2.05) is 14.1 Å². The molecule has 7 heteroatoms. The Morgan fingerprint density at radius 2 is 1.87 bits per heavy atom. The van der Waals surface area contributed by atoms with E-state index >= 15 is 0 Å². The summed E-state index contributed by atoms with van der Waals surface area (Å²) in [6, 6.07) is 0. The van der Waals surface area contributed by atoms with Crippen molar-refractivity contribution in [1.82, 2.24) is 0 Å². The largest absolute Gasteiger partial charge is 0.396 e. The predicted molar refractivity (Wildman–Crippen MR) is 56.0 cm³/mol. The Balaban J connectivity index is 4.09. The number of rotatable bonds is 7. The smallest absolute Gasteiger partial charge is 0.267 e. The van der Waals surface area contributed by atoms with Gasteiger partial charge in [0.15, 0.2) is 0 Å². The van der Waals surface area contributed by atoms with Gasteiger partial charge >= 0.3 is 0 Å². The van der Waals surface area contributed by atoms with E-state index in [0.29, 0.717) is 17.4 Å². The molecule has 0 fully saturated rings. The van der Waals surface area contributed by atoms with Gasteiger partial charge in [-0.2, -0.15) is 8.42 Å². The summed E-state index contributed by atoms with van der Waals surface area (Å²) in [4.78, 5) is 0. The Hall–Kier alpha value is -0.210. The summed E-state index contributed by atoms with van der Waals surface area (Å²) in [6.45, 7) is 0.925. The fourth-order valence-corrected chi connectivity index (χ4v) is 2.05. The molecule has 0 aliphatic carbocycles. The van der Waals surface area contributed by atoms with Crippen molar-refractivity contribution in [3.63, 3.8) is 0 Å². The minimum atomic E-state index is -4.13. The summed E-state index contributed by atoms with van der Waals surface area (Å²) in [7, 11) is -0.481. The predicted octanol–water partition coefficient (Wildman–Crippen LogP) is -1.31. The van der Waals surface area contributed by atoms with E-state index in [1.165, 1.54) is 0 Å². The zero-order valence-corrected chi connectivity index (χ0v) is 9.94. The molecule has 0 aromatic carbocycles. The first-order valence-electron chi connectivity index (χ1n) is 4.72. The van der Waals surface area contributed by atoms with Crippen LogP contribution in [0.15, 0.2) is 0 Å². The highest BCUT2D eigenvalue weighted by atomic mass is 32.2. The molecular weight excluding hydrogens is 222 g/mol. The molecule has 0 heterocycles. The Morgan fingerprint density at radius 3 is 2.27 bits per heavy atom. The van der Waals surface area contributed by atoms with Gasteiger partial charge in [-0.05, 0) is 0 Å². The standard InChI is InChI=1S/C8H19NO5S/c1-9(2,4-3-5-10)6-8(11)7-15(12,13)14/h8,10-11H,3-7H2,1-2H3/p+1. The van der Waals surface area contributed by atoms with Gasteiger partial charge in [0.1, 0.15) is 18.4 Å². The van der Waals surface area contributed by atoms with E-state index in [-0.39, 0.29) is 13.2 Å². The SMILES string of the molecule is C[N+](C)(CCCO)CC(O)CS(=O)(=O)O. The number of aliphatic hydroxyl groups is 2. The van der Waals surface area contributed by atoms with Gasteiger partial charge in [0, 0.05) is 13.0 Å². The number of nitrogens with zero attached hydrogens (tertiary/aromatic N) is 1. The van der Waals surface area contributed by atoms with Crippen LogP contribution in [0.3, 0.4) is 0 Å². The number of quaternary nitrogens is 1. The van der Waals surface area contributed by atoms with Gasteiger partial charge < -0.3 is 14.7 Å². The lowest BCUT2D eigenvalue weighted by Crippen LogP contribution is -2.47. The van der Waals surface area contributed by atoms with Gasteiger partial charge in [0.2, 0.25) is 0 Å². The van der Waals surface area contributed by atoms with Crippen LogP contribution in [0.1, 0.15) is 6.42 Å². The fourth-order valence-electron chi connectivity index (χ4n) is 1.46. The molecule has 1 atom stereocenters. The highest BCUT2D eigenvalue weighted by molar-refractivity contribution is 7.85. The monoisotopic (exact) mass is 242 g/mol. The molecule has 0 saturated heterocycles. The summed E-state index contributed by atoms with van der Waals surface area (Å²) in [5.41, 5.74) is 0. The highest BCUT2D eigenvalue weighted by Crippen LogP contribution is 2.03. The third kappa shape index (κ3) is 8.76. The van der Waals surface area contributed by atoms with Gasteiger partial charge in [-0.3, -0.25) is 4.55 Å². The maximum Gasteiger partial charge on any atom is 0.267 e. The highest BCUT2D eigenvalue weighted by Gasteiger charge is 2.23. The van der Waals surface area contributed by atoms with Crippen LogP contribution in [-0.4, -0.2) is 73.3 Å². The van der Waals surface area contributed by atoms with Crippen molar-refractivity contribution < 1.29 is 27.7 Å². The molecule has 15 heavy (non-hydrogen) atoms. The summed E-state index contributed by atoms with van der Waals surface area (Å²) in [5, 5.41) is 18.0. The quantitative estimate of drug-likeness (QED) is 0.381. The molecule has 0 rings (SSSR count). The molecule has 0 bridgehead atoms. The fraction of sp³-hybridized carbons (Fsp3) is 1.00.